The molecular weight excluding hydrogens is 182 g/mol. The fourth-order valence-corrected chi connectivity index (χ4v) is 3.06. The summed E-state index contributed by atoms with van der Waals surface area (Å²) < 4.78 is 11.6. The Morgan fingerprint density at radius 1 is 1.23 bits per heavy atom. The van der Waals surface area contributed by atoms with Gasteiger partial charge in [0.2, 0.25) is 0 Å². The van der Waals surface area contributed by atoms with Gasteiger partial charge >= 0.3 is 0 Å². The summed E-state index contributed by atoms with van der Waals surface area (Å²) in [5.74, 6) is 2.60. The van der Waals surface area contributed by atoms with Gasteiger partial charge in [-0.05, 0) is 18.4 Å². The summed E-state index contributed by atoms with van der Waals surface area (Å²) >= 11 is 0. The largest absolute Gasteiger partial charge is 0.330 e. The van der Waals surface area contributed by atoms with Crippen LogP contribution >= 0.6 is 0 Å². The van der Waals surface area contributed by atoms with Gasteiger partial charge in [0, 0.05) is 22.3 Å². The first-order valence-corrected chi connectivity index (χ1v) is 6.64. The minimum Gasteiger partial charge on any atom is -0.330 e. The lowest BCUT2D eigenvalue weighted by molar-refractivity contribution is 0.569. The lowest BCUT2D eigenvalue weighted by atomic mass is 10.1. The minimum atomic E-state index is -0.662. The van der Waals surface area contributed by atoms with E-state index in [2.05, 4.69) is 20.8 Å². The molecule has 0 aromatic carbocycles. The summed E-state index contributed by atoms with van der Waals surface area (Å²) in [6, 6.07) is 0. The van der Waals surface area contributed by atoms with E-state index in [0.29, 0.717) is 18.4 Å². The molecule has 0 rings (SSSR count). The van der Waals surface area contributed by atoms with Gasteiger partial charge in [-0.1, -0.05) is 33.6 Å². The molecule has 3 heteroatoms. The van der Waals surface area contributed by atoms with E-state index in [9.17, 15) is 4.21 Å². The van der Waals surface area contributed by atoms with Gasteiger partial charge < -0.3 is 5.73 Å². The molecule has 0 saturated heterocycles. The molecule has 0 aromatic heterocycles. The zero-order valence-electron chi connectivity index (χ0n) is 9.08. The van der Waals surface area contributed by atoms with Gasteiger partial charge in [0.1, 0.15) is 0 Å². The molecule has 13 heavy (non-hydrogen) atoms. The van der Waals surface area contributed by atoms with Crippen LogP contribution in [0.4, 0.5) is 0 Å². The molecule has 0 amide bonds. The van der Waals surface area contributed by atoms with E-state index >= 15 is 0 Å². The number of hydrogen-bond donors (Lipinski definition) is 1. The second kappa shape index (κ2) is 7.51. The molecule has 3 unspecified atom stereocenters. The summed E-state index contributed by atoms with van der Waals surface area (Å²) in [6.45, 7) is 7.05. The first-order valence-electron chi connectivity index (χ1n) is 5.15. The van der Waals surface area contributed by atoms with Crippen molar-refractivity contribution in [2.45, 2.75) is 33.6 Å². The van der Waals surface area contributed by atoms with Crippen molar-refractivity contribution in [3.05, 3.63) is 0 Å². The Morgan fingerprint density at radius 3 is 2.23 bits per heavy atom. The van der Waals surface area contributed by atoms with Crippen molar-refractivity contribution in [1.82, 2.24) is 0 Å². The normalized spacial score (nSPS) is 18.2. The zero-order chi connectivity index (χ0) is 10.3. The van der Waals surface area contributed by atoms with Crippen LogP contribution in [0, 0.1) is 11.8 Å². The lowest BCUT2D eigenvalue weighted by Gasteiger charge is -2.12. The highest BCUT2D eigenvalue weighted by molar-refractivity contribution is 7.84. The molecule has 3 atom stereocenters. The van der Waals surface area contributed by atoms with Crippen LogP contribution < -0.4 is 5.73 Å². The van der Waals surface area contributed by atoms with E-state index < -0.39 is 10.8 Å². The van der Waals surface area contributed by atoms with Crippen LogP contribution in [0.1, 0.15) is 33.6 Å². The van der Waals surface area contributed by atoms with Crippen molar-refractivity contribution >= 4 is 10.8 Å². The van der Waals surface area contributed by atoms with Gasteiger partial charge in [0.05, 0.1) is 0 Å². The fourth-order valence-electron chi connectivity index (χ4n) is 1.35. The third-order valence-corrected chi connectivity index (χ3v) is 4.01. The highest BCUT2D eigenvalue weighted by Crippen LogP contribution is 2.08. The second-order valence-electron chi connectivity index (χ2n) is 4.01. The second-order valence-corrected chi connectivity index (χ2v) is 5.55. The molecule has 0 fully saturated rings. The van der Waals surface area contributed by atoms with E-state index in [4.69, 9.17) is 5.73 Å². The molecule has 0 radical (unpaired) electrons. The first-order chi connectivity index (χ1) is 6.10. The molecule has 0 aliphatic carbocycles. The Bertz CT molecular complexity index is 150. The smallest absolute Gasteiger partial charge is 0.0272 e. The van der Waals surface area contributed by atoms with Crippen LogP contribution in [0.15, 0.2) is 0 Å². The van der Waals surface area contributed by atoms with Gasteiger partial charge in [0.15, 0.2) is 0 Å². The fraction of sp³-hybridized carbons (Fsp3) is 1.00. The average molecular weight is 205 g/mol. The first kappa shape index (κ1) is 13.1. The van der Waals surface area contributed by atoms with Crippen LogP contribution in [-0.2, 0) is 10.8 Å². The van der Waals surface area contributed by atoms with Crippen molar-refractivity contribution in [2.24, 2.45) is 17.6 Å². The Morgan fingerprint density at radius 2 is 1.77 bits per heavy atom. The molecule has 0 heterocycles. The number of hydrogen-bond acceptors (Lipinski definition) is 2. The van der Waals surface area contributed by atoms with Crippen molar-refractivity contribution < 1.29 is 4.21 Å². The summed E-state index contributed by atoms with van der Waals surface area (Å²) in [5, 5.41) is 0. The molecule has 0 aliphatic rings. The standard InChI is InChI=1S/C10H23NOS/c1-4-5-9(2)7-13(12)8-10(3)6-11/h9-10H,4-8,11H2,1-3H3. The molecular formula is C10H23NOS. The summed E-state index contributed by atoms with van der Waals surface area (Å²) in [4.78, 5) is 0. The van der Waals surface area contributed by atoms with E-state index in [-0.39, 0.29) is 0 Å². The molecule has 2 nitrogen and oxygen atoms in total. The van der Waals surface area contributed by atoms with Gasteiger partial charge in [-0.2, -0.15) is 0 Å². The number of nitrogens with two attached hydrogens (primary N) is 1. The van der Waals surface area contributed by atoms with E-state index in [0.717, 1.165) is 11.5 Å². The Kier molecular flexibility index (Phi) is 7.57. The van der Waals surface area contributed by atoms with Crippen molar-refractivity contribution in [3.8, 4) is 0 Å². The molecule has 0 bridgehead atoms. The van der Waals surface area contributed by atoms with Crippen LogP contribution in [0.3, 0.4) is 0 Å². The minimum absolute atomic E-state index is 0.398. The predicted molar refractivity (Wildman–Crippen MR) is 60.2 cm³/mol. The SMILES string of the molecule is CCCC(C)CS(=O)CC(C)CN. The van der Waals surface area contributed by atoms with Crippen molar-refractivity contribution in [3.63, 3.8) is 0 Å². The van der Waals surface area contributed by atoms with Gasteiger partial charge in [0.25, 0.3) is 0 Å². The Hall–Kier alpha value is 0.110. The van der Waals surface area contributed by atoms with Crippen LogP contribution in [0.25, 0.3) is 0 Å². The molecule has 0 saturated carbocycles. The van der Waals surface area contributed by atoms with Crippen LogP contribution in [-0.4, -0.2) is 22.3 Å². The van der Waals surface area contributed by atoms with Crippen LogP contribution in [0.2, 0.25) is 0 Å². The summed E-state index contributed by atoms with van der Waals surface area (Å²) in [7, 11) is -0.662. The maximum atomic E-state index is 11.6. The highest BCUT2D eigenvalue weighted by Gasteiger charge is 2.09. The molecule has 0 aromatic rings. The van der Waals surface area contributed by atoms with Crippen LogP contribution in [0.5, 0.6) is 0 Å². The quantitative estimate of drug-likeness (QED) is 0.688. The topological polar surface area (TPSA) is 43.1 Å². The number of rotatable bonds is 7. The monoisotopic (exact) mass is 205 g/mol. The predicted octanol–water partition coefficient (Wildman–Crippen LogP) is 1.77. The highest BCUT2D eigenvalue weighted by atomic mass is 32.2. The van der Waals surface area contributed by atoms with Gasteiger partial charge in [-0.3, -0.25) is 4.21 Å². The molecule has 80 valence electrons. The molecule has 2 N–H and O–H groups in total. The Balaban J connectivity index is 3.61. The van der Waals surface area contributed by atoms with E-state index in [1.54, 1.807) is 0 Å². The average Bonchev–Trinajstić information content (AvgIpc) is 2.04. The maximum Gasteiger partial charge on any atom is 0.0272 e. The summed E-state index contributed by atoms with van der Waals surface area (Å²) in [5.41, 5.74) is 5.48. The van der Waals surface area contributed by atoms with E-state index in [1.807, 2.05) is 0 Å². The lowest BCUT2D eigenvalue weighted by Crippen LogP contribution is -2.20. The third kappa shape index (κ3) is 7.20. The van der Waals surface area contributed by atoms with E-state index in [1.165, 1.54) is 12.8 Å². The Labute approximate surface area is 84.7 Å². The molecule has 0 spiro atoms. The van der Waals surface area contributed by atoms with Gasteiger partial charge in [-0.25, -0.2) is 0 Å². The van der Waals surface area contributed by atoms with Gasteiger partial charge in [-0.15, -0.1) is 0 Å². The third-order valence-electron chi connectivity index (χ3n) is 2.12. The molecule has 0 aliphatic heterocycles. The summed E-state index contributed by atoms with van der Waals surface area (Å²) in [6.07, 6.45) is 2.37. The van der Waals surface area contributed by atoms with Crippen molar-refractivity contribution in [2.75, 3.05) is 18.1 Å². The zero-order valence-corrected chi connectivity index (χ0v) is 9.90. The van der Waals surface area contributed by atoms with Crippen molar-refractivity contribution in [1.29, 1.82) is 0 Å². The maximum absolute atomic E-state index is 11.6.